The third-order valence-electron chi connectivity index (χ3n) is 4.83. The average molecular weight is 287 g/mol. The van der Waals surface area contributed by atoms with Crippen molar-refractivity contribution in [2.24, 2.45) is 0 Å². The molecule has 1 aliphatic carbocycles. The molecule has 0 aromatic heterocycles. The molecule has 108 valence electrons. The molecule has 0 spiro atoms. The fourth-order valence-electron chi connectivity index (χ4n) is 3.80. The van der Waals surface area contributed by atoms with E-state index in [1.54, 1.807) is 0 Å². The van der Waals surface area contributed by atoms with Crippen molar-refractivity contribution < 1.29 is 5.02 Å². The zero-order chi connectivity index (χ0) is 15.2. The summed E-state index contributed by atoms with van der Waals surface area (Å²) in [5, 5.41) is 9.52. The Morgan fingerprint density at radius 2 is 1.77 bits per heavy atom. The van der Waals surface area contributed by atoms with Gasteiger partial charge in [-0.05, 0) is 30.7 Å². The van der Waals surface area contributed by atoms with Crippen LogP contribution in [0.5, 0.6) is 0 Å². The molecule has 1 heterocycles. The highest BCUT2D eigenvalue weighted by atomic mass is 16.2. The second-order valence-corrected chi connectivity index (χ2v) is 6.19. The molecule has 0 saturated heterocycles. The standard InChI is InChI=1S/C19H18BNO/c1-19-13-14(20-22)11-12-18(19)21(15-7-3-2-4-8-15)17-10-6-5-9-16(17)19/h2-13,18,20,22H,1H3. The van der Waals surface area contributed by atoms with Gasteiger partial charge in [0.1, 0.15) is 0 Å². The number of para-hydroxylation sites is 2. The number of fused-ring (bicyclic) bond motifs is 3. The molecular weight excluding hydrogens is 269 g/mol. The van der Waals surface area contributed by atoms with E-state index in [4.69, 9.17) is 0 Å². The first-order valence-electron chi connectivity index (χ1n) is 7.68. The van der Waals surface area contributed by atoms with Gasteiger partial charge in [-0.1, -0.05) is 60.1 Å². The molecule has 2 aliphatic rings. The summed E-state index contributed by atoms with van der Waals surface area (Å²) in [5.74, 6) is 0. The van der Waals surface area contributed by atoms with Crippen LogP contribution in [0.1, 0.15) is 12.5 Å². The first-order chi connectivity index (χ1) is 10.7. The monoisotopic (exact) mass is 287 g/mol. The number of benzene rings is 2. The molecule has 0 bridgehead atoms. The van der Waals surface area contributed by atoms with E-state index in [-0.39, 0.29) is 18.9 Å². The first-order valence-corrected chi connectivity index (χ1v) is 7.68. The van der Waals surface area contributed by atoms with Crippen molar-refractivity contribution in [1.82, 2.24) is 0 Å². The summed E-state index contributed by atoms with van der Waals surface area (Å²) in [6.45, 7) is 2.26. The zero-order valence-corrected chi connectivity index (χ0v) is 12.6. The molecule has 2 atom stereocenters. The van der Waals surface area contributed by atoms with Crippen LogP contribution in [0.15, 0.2) is 78.3 Å². The molecule has 0 radical (unpaired) electrons. The zero-order valence-electron chi connectivity index (χ0n) is 12.6. The number of hydrogen-bond donors (Lipinski definition) is 1. The van der Waals surface area contributed by atoms with E-state index in [0.717, 1.165) is 5.47 Å². The second-order valence-electron chi connectivity index (χ2n) is 6.19. The fraction of sp³-hybridized carbons (Fsp3) is 0.158. The van der Waals surface area contributed by atoms with E-state index in [9.17, 15) is 5.02 Å². The van der Waals surface area contributed by atoms with E-state index < -0.39 is 0 Å². The Morgan fingerprint density at radius 1 is 1.05 bits per heavy atom. The quantitative estimate of drug-likeness (QED) is 0.857. The van der Waals surface area contributed by atoms with Crippen molar-refractivity contribution in [2.45, 2.75) is 18.4 Å². The lowest BCUT2D eigenvalue weighted by Gasteiger charge is -2.35. The number of hydrogen-bond acceptors (Lipinski definition) is 2. The van der Waals surface area contributed by atoms with E-state index in [1.807, 2.05) is 12.1 Å². The van der Waals surface area contributed by atoms with Gasteiger partial charge in [-0.25, -0.2) is 0 Å². The Balaban J connectivity index is 1.93. The van der Waals surface area contributed by atoms with Gasteiger partial charge in [-0.3, -0.25) is 0 Å². The van der Waals surface area contributed by atoms with Crippen LogP contribution >= 0.6 is 0 Å². The highest BCUT2D eigenvalue weighted by molar-refractivity contribution is 6.38. The van der Waals surface area contributed by atoms with E-state index in [2.05, 4.69) is 72.5 Å². The van der Waals surface area contributed by atoms with Crippen molar-refractivity contribution in [3.05, 3.63) is 83.9 Å². The maximum atomic E-state index is 9.52. The Hall–Kier alpha value is -2.26. The highest BCUT2D eigenvalue weighted by Gasteiger charge is 2.46. The van der Waals surface area contributed by atoms with Gasteiger partial charge in [0, 0.05) is 16.8 Å². The minimum Gasteiger partial charge on any atom is -0.449 e. The molecular formula is C19H18BNO. The van der Waals surface area contributed by atoms with Crippen LogP contribution < -0.4 is 4.90 Å². The number of nitrogens with zero attached hydrogens (tertiary/aromatic N) is 1. The molecule has 1 N–H and O–H groups in total. The topological polar surface area (TPSA) is 23.5 Å². The van der Waals surface area contributed by atoms with Crippen molar-refractivity contribution in [3.8, 4) is 0 Å². The summed E-state index contributed by atoms with van der Waals surface area (Å²) >= 11 is 0. The van der Waals surface area contributed by atoms with Gasteiger partial charge in [0.25, 0.3) is 0 Å². The first kappa shape index (κ1) is 13.4. The van der Waals surface area contributed by atoms with Crippen LogP contribution in [0.25, 0.3) is 0 Å². The third kappa shape index (κ3) is 1.79. The van der Waals surface area contributed by atoms with Gasteiger partial charge < -0.3 is 9.92 Å². The van der Waals surface area contributed by atoms with Crippen LogP contribution in [-0.4, -0.2) is 18.5 Å². The average Bonchev–Trinajstić information content (AvgIpc) is 2.84. The molecule has 4 rings (SSSR count). The van der Waals surface area contributed by atoms with Crippen molar-refractivity contribution in [1.29, 1.82) is 0 Å². The van der Waals surface area contributed by atoms with Gasteiger partial charge in [0.15, 0.2) is 0 Å². The third-order valence-corrected chi connectivity index (χ3v) is 4.83. The lowest BCUT2D eigenvalue weighted by Crippen LogP contribution is -2.40. The Bertz CT molecular complexity index is 768. The molecule has 2 aromatic rings. The molecule has 0 fully saturated rings. The van der Waals surface area contributed by atoms with Gasteiger partial charge in [0.2, 0.25) is 0 Å². The molecule has 2 unspecified atom stereocenters. The van der Waals surface area contributed by atoms with E-state index >= 15 is 0 Å². The molecule has 22 heavy (non-hydrogen) atoms. The summed E-state index contributed by atoms with van der Waals surface area (Å²) in [6, 6.07) is 19.3. The maximum absolute atomic E-state index is 9.52. The number of anilines is 2. The Kier molecular flexibility index (Phi) is 2.98. The molecule has 2 aromatic carbocycles. The summed E-state index contributed by atoms with van der Waals surface area (Å²) in [6.07, 6.45) is 6.49. The lowest BCUT2D eigenvalue weighted by atomic mass is 9.69. The minimum atomic E-state index is -0.112. The normalized spacial score (nSPS) is 25.5. The predicted octanol–water partition coefficient (Wildman–Crippen LogP) is 3.26. The van der Waals surface area contributed by atoms with E-state index in [1.165, 1.54) is 16.9 Å². The van der Waals surface area contributed by atoms with Gasteiger partial charge in [0.05, 0.1) is 6.04 Å². The Morgan fingerprint density at radius 3 is 2.55 bits per heavy atom. The summed E-state index contributed by atoms with van der Waals surface area (Å²) in [5.41, 5.74) is 4.65. The van der Waals surface area contributed by atoms with Crippen LogP contribution in [0, 0.1) is 0 Å². The minimum absolute atomic E-state index is 0.0896. The van der Waals surface area contributed by atoms with Crippen LogP contribution in [0.2, 0.25) is 0 Å². The highest BCUT2D eigenvalue weighted by Crippen LogP contribution is 2.51. The SMILES string of the molecule is CC12C=C(BO)C=CC1N(c1ccccc1)c1ccccc12. The molecule has 0 saturated carbocycles. The molecule has 0 amide bonds. The molecule has 1 aliphatic heterocycles. The van der Waals surface area contributed by atoms with Crippen LogP contribution in [0.3, 0.4) is 0 Å². The number of allylic oxidation sites excluding steroid dienone is 2. The lowest BCUT2D eigenvalue weighted by molar-refractivity contribution is 0.545. The van der Waals surface area contributed by atoms with Crippen LogP contribution in [-0.2, 0) is 5.41 Å². The fourth-order valence-corrected chi connectivity index (χ4v) is 3.80. The predicted molar refractivity (Wildman–Crippen MR) is 92.8 cm³/mol. The molecule has 2 nitrogen and oxygen atoms in total. The van der Waals surface area contributed by atoms with Crippen molar-refractivity contribution in [2.75, 3.05) is 4.90 Å². The van der Waals surface area contributed by atoms with Crippen molar-refractivity contribution >= 4 is 18.9 Å². The summed E-state index contributed by atoms with van der Waals surface area (Å²) < 4.78 is 0. The summed E-state index contributed by atoms with van der Waals surface area (Å²) in [4.78, 5) is 2.40. The maximum Gasteiger partial charge on any atom is 0.304 e. The van der Waals surface area contributed by atoms with Crippen LogP contribution in [0.4, 0.5) is 11.4 Å². The largest absolute Gasteiger partial charge is 0.449 e. The van der Waals surface area contributed by atoms with Crippen molar-refractivity contribution in [3.63, 3.8) is 0 Å². The van der Waals surface area contributed by atoms with E-state index in [0.29, 0.717) is 0 Å². The number of rotatable bonds is 2. The smallest absolute Gasteiger partial charge is 0.304 e. The van der Waals surface area contributed by atoms with Gasteiger partial charge >= 0.3 is 7.48 Å². The molecule has 3 heteroatoms. The van der Waals surface area contributed by atoms with Gasteiger partial charge in [-0.2, -0.15) is 0 Å². The Labute approximate surface area is 131 Å². The van der Waals surface area contributed by atoms with Gasteiger partial charge in [-0.15, -0.1) is 0 Å². The second kappa shape index (κ2) is 4.89. The summed E-state index contributed by atoms with van der Waals surface area (Å²) in [7, 11) is 0.0896.